The Labute approximate surface area is 160 Å². The largest absolute Gasteiger partial charge is 0.497 e. The number of carbonyl (C=O) groups excluding carboxylic acids is 1. The van der Waals surface area contributed by atoms with Crippen molar-refractivity contribution in [3.63, 3.8) is 0 Å². The highest BCUT2D eigenvalue weighted by molar-refractivity contribution is 5.94. The molecule has 1 N–H and O–H groups in total. The Morgan fingerprint density at radius 1 is 1.07 bits per heavy atom. The summed E-state index contributed by atoms with van der Waals surface area (Å²) in [5, 5.41) is 5.31. The van der Waals surface area contributed by atoms with Gasteiger partial charge in [-0.2, -0.15) is 0 Å². The second kappa shape index (κ2) is 8.23. The lowest BCUT2D eigenvalue weighted by molar-refractivity contribution is -0.120. The van der Waals surface area contributed by atoms with Gasteiger partial charge in [0.05, 0.1) is 13.2 Å². The first-order chi connectivity index (χ1) is 13.0. The van der Waals surface area contributed by atoms with E-state index in [0.29, 0.717) is 6.54 Å². The minimum absolute atomic E-state index is 0.00590. The van der Waals surface area contributed by atoms with Crippen LogP contribution in [0.4, 0.5) is 5.69 Å². The average molecular weight is 362 g/mol. The van der Waals surface area contributed by atoms with Gasteiger partial charge in [0.25, 0.3) is 0 Å². The Kier molecular flexibility index (Phi) is 5.77. The Morgan fingerprint density at radius 3 is 2.56 bits per heavy atom. The number of nitrogens with one attached hydrogen (secondary N) is 1. The number of fused-ring (bicyclic) bond motifs is 1. The normalized spacial score (nSPS) is 12.2. The van der Waals surface area contributed by atoms with Crippen LogP contribution in [0.3, 0.4) is 0 Å². The number of aryl methyl sites for hydroxylation is 1. The van der Waals surface area contributed by atoms with Crippen LogP contribution in [-0.2, 0) is 11.3 Å². The summed E-state index contributed by atoms with van der Waals surface area (Å²) in [4.78, 5) is 14.6. The van der Waals surface area contributed by atoms with Crippen LogP contribution in [-0.4, -0.2) is 31.0 Å². The third-order valence-electron chi connectivity index (χ3n) is 4.87. The summed E-state index contributed by atoms with van der Waals surface area (Å²) >= 11 is 0. The number of anilines is 1. The van der Waals surface area contributed by atoms with Crippen molar-refractivity contribution in [2.45, 2.75) is 26.4 Å². The highest BCUT2D eigenvalue weighted by Crippen LogP contribution is 2.22. The van der Waals surface area contributed by atoms with Gasteiger partial charge in [-0.15, -0.1) is 0 Å². The maximum Gasteiger partial charge on any atom is 0.241 e. The molecule has 0 heterocycles. The van der Waals surface area contributed by atoms with Crippen molar-refractivity contribution in [2.24, 2.45) is 0 Å². The van der Waals surface area contributed by atoms with Crippen LogP contribution in [0.2, 0.25) is 0 Å². The van der Waals surface area contributed by atoms with Crippen molar-refractivity contribution in [1.82, 2.24) is 4.90 Å². The molecule has 0 saturated carbocycles. The summed E-state index contributed by atoms with van der Waals surface area (Å²) in [6.07, 6.45) is 0. The second-order valence-electron chi connectivity index (χ2n) is 7.00. The van der Waals surface area contributed by atoms with Gasteiger partial charge in [0.1, 0.15) is 5.75 Å². The fourth-order valence-electron chi connectivity index (χ4n) is 3.09. The van der Waals surface area contributed by atoms with Crippen LogP contribution in [0, 0.1) is 6.92 Å². The SMILES string of the molecule is COc1ccc2cc(CN(C)[C@@H](C)C(=O)Nc3cccc(C)c3)ccc2c1. The van der Waals surface area contributed by atoms with E-state index in [1.165, 1.54) is 10.9 Å². The summed E-state index contributed by atoms with van der Waals surface area (Å²) in [6.45, 7) is 4.64. The molecule has 3 rings (SSSR count). The fraction of sp³-hybridized carbons (Fsp3) is 0.261. The van der Waals surface area contributed by atoms with Gasteiger partial charge in [0.15, 0.2) is 0 Å². The predicted molar refractivity (Wildman–Crippen MR) is 111 cm³/mol. The third kappa shape index (κ3) is 4.66. The number of hydrogen-bond donors (Lipinski definition) is 1. The van der Waals surface area contributed by atoms with Gasteiger partial charge >= 0.3 is 0 Å². The number of benzene rings is 3. The average Bonchev–Trinajstić information content (AvgIpc) is 2.66. The predicted octanol–water partition coefficient (Wildman–Crippen LogP) is 4.62. The molecule has 0 spiro atoms. The molecule has 0 aliphatic rings. The number of hydrogen-bond acceptors (Lipinski definition) is 3. The molecule has 27 heavy (non-hydrogen) atoms. The van der Waals surface area contributed by atoms with Crippen molar-refractivity contribution in [2.75, 3.05) is 19.5 Å². The molecule has 0 aliphatic heterocycles. The molecule has 0 aliphatic carbocycles. The molecule has 0 radical (unpaired) electrons. The van der Waals surface area contributed by atoms with Crippen molar-refractivity contribution < 1.29 is 9.53 Å². The molecule has 0 bridgehead atoms. The number of nitrogens with zero attached hydrogens (tertiary/aromatic N) is 1. The Hall–Kier alpha value is -2.85. The number of carbonyl (C=O) groups is 1. The van der Waals surface area contributed by atoms with Crippen molar-refractivity contribution in [3.8, 4) is 5.75 Å². The van der Waals surface area contributed by atoms with E-state index in [2.05, 4.69) is 34.5 Å². The molecule has 3 aromatic rings. The van der Waals surface area contributed by atoms with Gasteiger partial charge in [-0.1, -0.05) is 30.3 Å². The second-order valence-corrected chi connectivity index (χ2v) is 7.00. The first-order valence-corrected chi connectivity index (χ1v) is 9.11. The molecule has 1 amide bonds. The minimum Gasteiger partial charge on any atom is -0.497 e. The summed E-state index contributed by atoms with van der Waals surface area (Å²) in [5.41, 5.74) is 3.13. The summed E-state index contributed by atoms with van der Waals surface area (Å²) in [6, 6.07) is 20.0. The molecule has 4 heteroatoms. The zero-order valence-corrected chi connectivity index (χ0v) is 16.3. The number of methoxy groups -OCH3 is 1. The third-order valence-corrected chi connectivity index (χ3v) is 4.87. The van der Waals surface area contributed by atoms with Gasteiger partial charge in [-0.3, -0.25) is 9.69 Å². The Morgan fingerprint density at radius 2 is 1.81 bits per heavy atom. The quantitative estimate of drug-likeness (QED) is 0.696. The zero-order valence-electron chi connectivity index (χ0n) is 16.3. The molecule has 0 unspecified atom stereocenters. The van der Waals surface area contributed by atoms with E-state index in [9.17, 15) is 4.79 Å². The first kappa shape index (κ1) is 18.9. The molecule has 0 fully saturated rings. The fourth-order valence-corrected chi connectivity index (χ4v) is 3.09. The first-order valence-electron chi connectivity index (χ1n) is 9.11. The van der Waals surface area contributed by atoms with Gasteiger partial charge in [0.2, 0.25) is 5.91 Å². The number of amides is 1. The van der Waals surface area contributed by atoms with Crippen molar-refractivity contribution >= 4 is 22.4 Å². The van der Waals surface area contributed by atoms with Crippen LogP contribution in [0.1, 0.15) is 18.1 Å². The zero-order chi connectivity index (χ0) is 19.4. The molecule has 1 atom stereocenters. The highest BCUT2D eigenvalue weighted by Gasteiger charge is 2.18. The summed E-state index contributed by atoms with van der Waals surface area (Å²) < 4.78 is 5.28. The summed E-state index contributed by atoms with van der Waals surface area (Å²) in [5.74, 6) is 0.849. The maximum absolute atomic E-state index is 12.6. The van der Waals surface area contributed by atoms with Gasteiger partial charge in [-0.25, -0.2) is 0 Å². The van der Waals surface area contributed by atoms with Gasteiger partial charge < -0.3 is 10.1 Å². The monoisotopic (exact) mass is 362 g/mol. The van der Waals surface area contributed by atoms with E-state index >= 15 is 0 Å². The lowest BCUT2D eigenvalue weighted by Crippen LogP contribution is -2.39. The van der Waals surface area contributed by atoms with Gasteiger partial charge in [-0.05, 0) is 73.1 Å². The molecular formula is C23H26N2O2. The molecule has 0 aromatic heterocycles. The number of ether oxygens (including phenoxy) is 1. The standard InChI is InChI=1S/C23H26N2O2/c1-16-6-5-7-21(12-16)24-23(26)17(2)25(3)15-18-8-9-20-14-22(27-4)11-10-19(20)13-18/h5-14,17H,15H2,1-4H3,(H,24,26)/t17-/m0/s1. The van der Waals surface area contributed by atoms with E-state index < -0.39 is 0 Å². The van der Waals surface area contributed by atoms with E-state index in [-0.39, 0.29) is 11.9 Å². The lowest BCUT2D eigenvalue weighted by atomic mass is 10.1. The van der Waals surface area contributed by atoms with E-state index in [4.69, 9.17) is 4.74 Å². The molecule has 0 saturated heterocycles. The van der Waals surface area contributed by atoms with Crippen molar-refractivity contribution in [1.29, 1.82) is 0 Å². The Balaban J connectivity index is 1.67. The van der Waals surface area contributed by atoms with Crippen molar-refractivity contribution in [3.05, 3.63) is 71.8 Å². The maximum atomic E-state index is 12.6. The molecule has 140 valence electrons. The van der Waals surface area contributed by atoms with Crippen LogP contribution in [0.15, 0.2) is 60.7 Å². The molecule has 4 nitrogen and oxygen atoms in total. The van der Waals surface area contributed by atoms with Crippen LogP contribution >= 0.6 is 0 Å². The summed E-state index contributed by atoms with van der Waals surface area (Å²) in [7, 11) is 3.65. The lowest BCUT2D eigenvalue weighted by Gasteiger charge is -2.24. The minimum atomic E-state index is -0.239. The van der Waals surface area contributed by atoms with E-state index in [1.807, 2.05) is 57.3 Å². The van der Waals surface area contributed by atoms with Crippen LogP contribution in [0.5, 0.6) is 5.75 Å². The molecular weight excluding hydrogens is 336 g/mol. The smallest absolute Gasteiger partial charge is 0.241 e. The number of likely N-dealkylation sites (N-methyl/N-ethyl adjacent to an activating group) is 1. The van der Waals surface area contributed by atoms with E-state index in [1.54, 1.807) is 7.11 Å². The van der Waals surface area contributed by atoms with Crippen LogP contribution in [0.25, 0.3) is 10.8 Å². The Bertz CT molecular complexity index is 952. The van der Waals surface area contributed by atoms with E-state index in [0.717, 1.165) is 22.4 Å². The van der Waals surface area contributed by atoms with Gasteiger partial charge in [0, 0.05) is 12.2 Å². The molecule has 3 aromatic carbocycles. The van der Waals surface area contributed by atoms with Crippen LogP contribution < -0.4 is 10.1 Å². The number of rotatable bonds is 6. The topological polar surface area (TPSA) is 41.6 Å². The highest BCUT2D eigenvalue weighted by atomic mass is 16.5.